The standard InChI is InChI=1S/C9H9N3O2S/c1-6-2-12(9(14)11-8(6)13)3-7-4-15-5-10-7/h2,4-5H,3H2,1H3,(H,11,13,14). The first-order chi connectivity index (χ1) is 7.16. The van der Waals surface area contributed by atoms with E-state index in [0.717, 1.165) is 5.69 Å². The maximum atomic E-state index is 11.4. The van der Waals surface area contributed by atoms with E-state index in [1.807, 2.05) is 5.38 Å². The van der Waals surface area contributed by atoms with Crippen molar-refractivity contribution in [3.05, 3.63) is 49.2 Å². The Hall–Kier alpha value is -1.69. The predicted molar refractivity (Wildman–Crippen MR) is 57.3 cm³/mol. The largest absolute Gasteiger partial charge is 0.328 e. The zero-order valence-electron chi connectivity index (χ0n) is 8.06. The van der Waals surface area contributed by atoms with Gasteiger partial charge in [-0.05, 0) is 6.92 Å². The highest BCUT2D eigenvalue weighted by Gasteiger charge is 2.02. The smallest absolute Gasteiger partial charge is 0.294 e. The molecule has 0 aromatic carbocycles. The van der Waals surface area contributed by atoms with Crippen LogP contribution in [0.3, 0.4) is 0 Å². The minimum absolute atomic E-state index is 0.338. The topological polar surface area (TPSA) is 67.8 Å². The summed E-state index contributed by atoms with van der Waals surface area (Å²) in [6.45, 7) is 2.05. The minimum Gasteiger partial charge on any atom is -0.294 e. The van der Waals surface area contributed by atoms with Gasteiger partial charge in [-0.2, -0.15) is 0 Å². The van der Waals surface area contributed by atoms with Gasteiger partial charge in [0.1, 0.15) is 0 Å². The lowest BCUT2D eigenvalue weighted by Gasteiger charge is -2.02. The van der Waals surface area contributed by atoms with Crippen molar-refractivity contribution in [1.82, 2.24) is 14.5 Å². The second kappa shape index (κ2) is 3.82. The van der Waals surface area contributed by atoms with Crippen LogP contribution in [0.5, 0.6) is 0 Å². The van der Waals surface area contributed by atoms with Gasteiger partial charge >= 0.3 is 5.69 Å². The molecule has 5 nitrogen and oxygen atoms in total. The van der Waals surface area contributed by atoms with Crippen LogP contribution in [-0.2, 0) is 6.54 Å². The first kappa shape index (κ1) is 9.85. The van der Waals surface area contributed by atoms with Crippen LogP contribution in [0.15, 0.2) is 26.7 Å². The average Bonchev–Trinajstić information content (AvgIpc) is 2.67. The van der Waals surface area contributed by atoms with Crippen LogP contribution in [0, 0.1) is 6.92 Å². The Morgan fingerprint density at radius 3 is 3.00 bits per heavy atom. The summed E-state index contributed by atoms with van der Waals surface area (Å²) < 4.78 is 1.44. The monoisotopic (exact) mass is 223 g/mol. The number of thiazole rings is 1. The Labute approximate surface area is 89.1 Å². The van der Waals surface area contributed by atoms with E-state index in [1.165, 1.54) is 15.9 Å². The molecular weight excluding hydrogens is 214 g/mol. The van der Waals surface area contributed by atoms with Crippen LogP contribution >= 0.6 is 11.3 Å². The Morgan fingerprint density at radius 2 is 2.33 bits per heavy atom. The van der Waals surface area contributed by atoms with Crippen LogP contribution < -0.4 is 11.2 Å². The lowest BCUT2D eigenvalue weighted by molar-refractivity contribution is 0.702. The van der Waals surface area contributed by atoms with E-state index in [0.29, 0.717) is 12.1 Å². The molecule has 0 saturated heterocycles. The molecule has 0 aliphatic rings. The van der Waals surface area contributed by atoms with Crippen LogP contribution in [0.1, 0.15) is 11.3 Å². The van der Waals surface area contributed by atoms with Gasteiger partial charge in [-0.1, -0.05) is 0 Å². The molecular formula is C9H9N3O2S. The van der Waals surface area contributed by atoms with E-state index in [4.69, 9.17) is 0 Å². The number of aromatic amines is 1. The van der Waals surface area contributed by atoms with Gasteiger partial charge < -0.3 is 0 Å². The van der Waals surface area contributed by atoms with Crippen LogP contribution in [-0.4, -0.2) is 14.5 Å². The van der Waals surface area contributed by atoms with E-state index < -0.39 is 5.69 Å². The summed E-state index contributed by atoms with van der Waals surface area (Å²) in [5, 5.41) is 1.87. The van der Waals surface area contributed by atoms with Crippen molar-refractivity contribution < 1.29 is 0 Å². The van der Waals surface area contributed by atoms with Crippen LogP contribution in [0.4, 0.5) is 0 Å². The van der Waals surface area contributed by atoms with Crippen LogP contribution in [0.25, 0.3) is 0 Å². The lowest BCUT2D eigenvalue weighted by Crippen LogP contribution is -2.31. The predicted octanol–water partition coefficient (Wildman–Crippen LogP) is 0.350. The Morgan fingerprint density at radius 1 is 1.53 bits per heavy atom. The molecule has 0 aliphatic carbocycles. The Balaban J connectivity index is 2.42. The highest BCUT2D eigenvalue weighted by Crippen LogP contribution is 2.01. The van der Waals surface area contributed by atoms with Gasteiger partial charge in [-0.15, -0.1) is 11.3 Å². The molecule has 0 unspecified atom stereocenters. The molecule has 0 radical (unpaired) electrons. The number of hydrogen-bond donors (Lipinski definition) is 1. The van der Waals surface area contributed by atoms with Crippen molar-refractivity contribution in [2.75, 3.05) is 0 Å². The van der Waals surface area contributed by atoms with Gasteiger partial charge in [-0.25, -0.2) is 9.78 Å². The number of rotatable bonds is 2. The van der Waals surface area contributed by atoms with E-state index in [9.17, 15) is 9.59 Å². The molecule has 0 spiro atoms. The fourth-order valence-electron chi connectivity index (χ4n) is 1.23. The Kier molecular flexibility index (Phi) is 2.51. The van der Waals surface area contributed by atoms with Crippen molar-refractivity contribution in [2.45, 2.75) is 13.5 Å². The maximum absolute atomic E-state index is 11.4. The summed E-state index contributed by atoms with van der Waals surface area (Å²) in [4.78, 5) is 28.8. The highest BCUT2D eigenvalue weighted by atomic mass is 32.1. The maximum Gasteiger partial charge on any atom is 0.328 e. The zero-order valence-corrected chi connectivity index (χ0v) is 8.87. The highest BCUT2D eigenvalue weighted by molar-refractivity contribution is 7.07. The fraction of sp³-hybridized carbons (Fsp3) is 0.222. The third kappa shape index (κ3) is 2.04. The average molecular weight is 223 g/mol. The molecule has 6 heteroatoms. The normalized spacial score (nSPS) is 10.5. The molecule has 78 valence electrons. The summed E-state index contributed by atoms with van der Waals surface area (Å²) in [5.74, 6) is 0. The van der Waals surface area contributed by atoms with Crippen molar-refractivity contribution in [1.29, 1.82) is 0 Å². The molecule has 0 aliphatic heterocycles. The van der Waals surface area contributed by atoms with Gasteiger partial charge in [0.05, 0.1) is 17.7 Å². The quantitative estimate of drug-likeness (QED) is 0.798. The van der Waals surface area contributed by atoms with Gasteiger partial charge in [0, 0.05) is 17.1 Å². The molecule has 2 aromatic heterocycles. The summed E-state index contributed by atoms with van der Waals surface area (Å²) in [6.07, 6.45) is 1.54. The summed E-state index contributed by atoms with van der Waals surface area (Å²) in [5.41, 5.74) is 2.30. The summed E-state index contributed by atoms with van der Waals surface area (Å²) in [7, 11) is 0. The molecule has 0 saturated carbocycles. The first-order valence-electron chi connectivity index (χ1n) is 4.34. The van der Waals surface area contributed by atoms with Crippen molar-refractivity contribution in [3.63, 3.8) is 0 Å². The molecule has 0 amide bonds. The number of hydrogen-bond acceptors (Lipinski definition) is 4. The third-order valence-corrected chi connectivity index (χ3v) is 2.64. The summed E-state index contributed by atoms with van der Waals surface area (Å²) in [6, 6.07) is 0. The first-order valence-corrected chi connectivity index (χ1v) is 5.28. The Bertz CT molecular complexity index is 568. The van der Waals surface area contributed by atoms with Crippen molar-refractivity contribution in [2.24, 2.45) is 0 Å². The second-order valence-corrected chi connectivity index (χ2v) is 3.90. The van der Waals surface area contributed by atoms with E-state index >= 15 is 0 Å². The van der Waals surface area contributed by atoms with E-state index in [-0.39, 0.29) is 5.56 Å². The second-order valence-electron chi connectivity index (χ2n) is 3.18. The van der Waals surface area contributed by atoms with Crippen molar-refractivity contribution in [3.8, 4) is 0 Å². The number of H-pyrrole nitrogens is 1. The third-order valence-electron chi connectivity index (χ3n) is 2.00. The number of aromatic nitrogens is 3. The number of nitrogens with one attached hydrogen (secondary N) is 1. The SMILES string of the molecule is Cc1cn(Cc2cscn2)c(=O)[nH]c1=O. The van der Waals surface area contributed by atoms with Gasteiger partial charge in [0.2, 0.25) is 0 Å². The molecule has 15 heavy (non-hydrogen) atoms. The number of nitrogens with zero attached hydrogens (tertiary/aromatic N) is 2. The van der Waals surface area contributed by atoms with Gasteiger partial charge in [0.15, 0.2) is 0 Å². The van der Waals surface area contributed by atoms with Gasteiger partial charge in [0.25, 0.3) is 5.56 Å². The molecule has 0 bridgehead atoms. The van der Waals surface area contributed by atoms with Crippen LogP contribution in [0.2, 0.25) is 0 Å². The van der Waals surface area contributed by atoms with E-state index in [2.05, 4.69) is 9.97 Å². The van der Waals surface area contributed by atoms with E-state index in [1.54, 1.807) is 18.6 Å². The molecule has 0 atom stereocenters. The molecule has 2 heterocycles. The zero-order chi connectivity index (χ0) is 10.8. The van der Waals surface area contributed by atoms with Crippen molar-refractivity contribution >= 4 is 11.3 Å². The minimum atomic E-state index is -0.404. The molecule has 2 rings (SSSR count). The number of aryl methyl sites for hydroxylation is 1. The summed E-state index contributed by atoms with van der Waals surface area (Å²) >= 11 is 1.47. The molecule has 1 N–H and O–H groups in total. The fourth-order valence-corrected chi connectivity index (χ4v) is 1.78. The lowest BCUT2D eigenvalue weighted by atomic mass is 10.4. The molecule has 0 fully saturated rings. The van der Waals surface area contributed by atoms with Gasteiger partial charge in [-0.3, -0.25) is 14.3 Å². The molecule has 2 aromatic rings.